The van der Waals surface area contributed by atoms with Gasteiger partial charge in [-0.3, -0.25) is 19.3 Å². The molecular weight excluding hydrogens is 493 g/mol. The number of carbonyl (C=O) groups excluding carboxylic acids is 3. The van der Waals surface area contributed by atoms with E-state index >= 15 is 0 Å². The van der Waals surface area contributed by atoms with Gasteiger partial charge in [-0.25, -0.2) is 12.8 Å². The molecule has 0 radical (unpaired) electrons. The molecular formula is C24H24FN3O5S2. The van der Waals surface area contributed by atoms with E-state index in [4.69, 9.17) is 0 Å². The fourth-order valence-electron chi connectivity index (χ4n) is 3.99. The maximum absolute atomic E-state index is 13.1. The Labute approximate surface area is 207 Å². The molecule has 2 fully saturated rings. The number of hydrogen-bond acceptors (Lipinski definition) is 6. The molecule has 0 aromatic heterocycles. The number of benzene rings is 2. The number of nitrogens with one attached hydrogen (secondary N) is 1. The van der Waals surface area contributed by atoms with Crippen LogP contribution in [0.25, 0.3) is 6.08 Å². The second-order valence-corrected chi connectivity index (χ2v) is 11.0. The maximum Gasteiger partial charge on any atom is 0.293 e. The van der Waals surface area contributed by atoms with Crippen LogP contribution in [0.1, 0.15) is 24.8 Å². The minimum absolute atomic E-state index is 0.00355. The predicted molar refractivity (Wildman–Crippen MR) is 130 cm³/mol. The van der Waals surface area contributed by atoms with Gasteiger partial charge in [0.25, 0.3) is 11.1 Å². The number of halogens is 1. The summed E-state index contributed by atoms with van der Waals surface area (Å²) in [6.45, 7) is 0.193. The third kappa shape index (κ3) is 5.63. The Morgan fingerprint density at radius 1 is 1.09 bits per heavy atom. The van der Waals surface area contributed by atoms with Gasteiger partial charge >= 0.3 is 0 Å². The quantitative estimate of drug-likeness (QED) is 0.566. The minimum atomic E-state index is -3.83. The Bertz CT molecular complexity index is 1250. The standard InChI is InChI=1S/C24H24FN3O5S2/c25-18-11-9-17(10-12-18)16-21-23(30)27(24(31)34-21)15-13-26-22(29)20-8-4-5-14-28(20)35(32,33)19-6-2-1-3-7-19/h1-3,6-7,9-12,16,20H,4-5,8,13-15H2,(H,26,29)/b21-16-. The first-order chi connectivity index (χ1) is 16.8. The van der Waals surface area contributed by atoms with Crippen molar-refractivity contribution in [2.45, 2.75) is 30.2 Å². The van der Waals surface area contributed by atoms with Crippen molar-refractivity contribution in [1.82, 2.24) is 14.5 Å². The van der Waals surface area contributed by atoms with Gasteiger partial charge in [-0.2, -0.15) is 4.31 Å². The van der Waals surface area contributed by atoms with Crippen LogP contribution in [-0.4, -0.2) is 60.4 Å². The van der Waals surface area contributed by atoms with Gasteiger partial charge in [-0.15, -0.1) is 0 Å². The highest BCUT2D eigenvalue weighted by atomic mass is 32.2. The Kier molecular flexibility index (Phi) is 7.68. The molecule has 1 N–H and O–H groups in total. The lowest BCUT2D eigenvalue weighted by Crippen LogP contribution is -2.52. The summed E-state index contributed by atoms with van der Waals surface area (Å²) in [6, 6.07) is 12.7. The smallest absolute Gasteiger partial charge is 0.293 e. The molecule has 184 valence electrons. The first-order valence-corrected chi connectivity index (χ1v) is 13.4. The molecule has 11 heteroatoms. The van der Waals surface area contributed by atoms with Crippen LogP contribution >= 0.6 is 11.8 Å². The van der Waals surface area contributed by atoms with E-state index in [0.29, 0.717) is 18.4 Å². The molecule has 2 aliphatic rings. The Morgan fingerprint density at radius 2 is 1.80 bits per heavy atom. The fourth-order valence-corrected chi connectivity index (χ4v) is 6.54. The third-order valence-electron chi connectivity index (χ3n) is 5.78. The number of imide groups is 1. The number of nitrogens with zero attached hydrogens (tertiary/aromatic N) is 2. The number of piperidine rings is 1. The van der Waals surface area contributed by atoms with Crippen molar-refractivity contribution >= 4 is 44.9 Å². The van der Waals surface area contributed by atoms with Crippen LogP contribution in [0.15, 0.2) is 64.4 Å². The summed E-state index contributed by atoms with van der Waals surface area (Å²) in [4.78, 5) is 39.2. The topological polar surface area (TPSA) is 104 Å². The summed E-state index contributed by atoms with van der Waals surface area (Å²) in [5, 5.41) is 2.21. The fraction of sp³-hybridized carbons (Fsp3) is 0.292. The predicted octanol–water partition coefficient (Wildman–Crippen LogP) is 3.22. The second-order valence-electron chi connectivity index (χ2n) is 8.12. The minimum Gasteiger partial charge on any atom is -0.353 e. The van der Waals surface area contributed by atoms with Gasteiger partial charge in [0, 0.05) is 19.6 Å². The number of rotatable bonds is 7. The van der Waals surface area contributed by atoms with E-state index in [-0.39, 0.29) is 29.4 Å². The van der Waals surface area contributed by atoms with Crippen molar-refractivity contribution in [3.8, 4) is 0 Å². The first-order valence-electron chi connectivity index (χ1n) is 11.1. The van der Waals surface area contributed by atoms with Crippen molar-refractivity contribution in [3.63, 3.8) is 0 Å². The van der Waals surface area contributed by atoms with Crippen LogP contribution in [0, 0.1) is 5.82 Å². The van der Waals surface area contributed by atoms with Crippen molar-refractivity contribution in [2.24, 2.45) is 0 Å². The van der Waals surface area contributed by atoms with Crippen LogP contribution in [-0.2, 0) is 19.6 Å². The maximum atomic E-state index is 13.1. The summed E-state index contributed by atoms with van der Waals surface area (Å²) in [5.41, 5.74) is 0.585. The second kappa shape index (κ2) is 10.7. The molecule has 2 aromatic rings. The molecule has 0 saturated carbocycles. The Morgan fingerprint density at radius 3 is 2.51 bits per heavy atom. The average molecular weight is 518 g/mol. The Hall–Kier alpha value is -3.02. The average Bonchev–Trinajstić information content (AvgIpc) is 3.13. The highest BCUT2D eigenvalue weighted by Gasteiger charge is 2.38. The van der Waals surface area contributed by atoms with Crippen LogP contribution in [0.5, 0.6) is 0 Å². The van der Waals surface area contributed by atoms with Crippen molar-refractivity contribution in [1.29, 1.82) is 0 Å². The van der Waals surface area contributed by atoms with E-state index < -0.39 is 38.9 Å². The molecule has 2 heterocycles. The number of hydrogen-bond donors (Lipinski definition) is 1. The summed E-state index contributed by atoms with van der Waals surface area (Å²) in [5.74, 6) is -1.36. The molecule has 0 aliphatic carbocycles. The number of carbonyl (C=O) groups is 3. The molecule has 3 amide bonds. The molecule has 2 aromatic carbocycles. The third-order valence-corrected chi connectivity index (χ3v) is 8.61. The van der Waals surface area contributed by atoms with Gasteiger partial charge in [-0.1, -0.05) is 36.8 Å². The van der Waals surface area contributed by atoms with Gasteiger partial charge in [0.1, 0.15) is 11.9 Å². The molecule has 2 aliphatic heterocycles. The van der Waals surface area contributed by atoms with E-state index in [0.717, 1.165) is 23.1 Å². The normalized spacial score (nSPS) is 20.4. The Balaban J connectivity index is 1.37. The van der Waals surface area contributed by atoms with Crippen LogP contribution in [0.4, 0.5) is 9.18 Å². The molecule has 1 atom stereocenters. The molecule has 35 heavy (non-hydrogen) atoms. The van der Waals surface area contributed by atoms with Gasteiger partial charge < -0.3 is 5.32 Å². The molecule has 0 spiro atoms. The van der Waals surface area contributed by atoms with Gasteiger partial charge in [0.2, 0.25) is 15.9 Å². The van der Waals surface area contributed by atoms with E-state index in [1.54, 1.807) is 18.2 Å². The van der Waals surface area contributed by atoms with Crippen molar-refractivity contribution in [3.05, 3.63) is 70.9 Å². The number of sulfonamides is 1. The summed E-state index contributed by atoms with van der Waals surface area (Å²) < 4.78 is 40.5. The molecule has 0 bridgehead atoms. The van der Waals surface area contributed by atoms with Crippen molar-refractivity contribution in [2.75, 3.05) is 19.6 Å². The summed E-state index contributed by atoms with van der Waals surface area (Å²) >= 11 is 0.774. The number of thioether (sulfide) groups is 1. The van der Waals surface area contributed by atoms with Crippen molar-refractivity contribution < 1.29 is 27.2 Å². The van der Waals surface area contributed by atoms with Gasteiger partial charge in [-0.05, 0) is 60.5 Å². The summed E-state index contributed by atoms with van der Waals surface area (Å²) in [7, 11) is -3.83. The van der Waals surface area contributed by atoms with Gasteiger partial charge in [0.05, 0.1) is 9.80 Å². The van der Waals surface area contributed by atoms with E-state index in [2.05, 4.69) is 5.32 Å². The lowest BCUT2D eigenvalue weighted by Gasteiger charge is -2.33. The van der Waals surface area contributed by atoms with E-state index in [9.17, 15) is 27.2 Å². The molecule has 1 unspecified atom stereocenters. The zero-order valence-corrected chi connectivity index (χ0v) is 20.4. The largest absolute Gasteiger partial charge is 0.353 e. The summed E-state index contributed by atoms with van der Waals surface area (Å²) in [6.07, 6.45) is 3.28. The number of amides is 3. The highest BCUT2D eigenvalue weighted by molar-refractivity contribution is 8.18. The lowest BCUT2D eigenvalue weighted by atomic mass is 10.0. The monoisotopic (exact) mass is 517 g/mol. The van der Waals surface area contributed by atoms with E-state index in [1.807, 2.05) is 0 Å². The van der Waals surface area contributed by atoms with E-state index in [1.165, 1.54) is 46.8 Å². The zero-order valence-electron chi connectivity index (χ0n) is 18.7. The molecule has 2 saturated heterocycles. The van der Waals surface area contributed by atoms with Crippen LogP contribution < -0.4 is 5.32 Å². The lowest BCUT2D eigenvalue weighted by molar-refractivity contribution is -0.127. The molecule has 4 rings (SSSR count). The zero-order chi connectivity index (χ0) is 25.0. The van der Waals surface area contributed by atoms with Crippen LogP contribution in [0.2, 0.25) is 0 Å². The van der Waals surface area contributed by atoms with Gasteiger partial charge in [0.15, 0.2) is 0 Å². The first kappa shape index (κ1) is 25.1. The molecule has 8 nitrogen and oxygen atoms in total. The SMILES string of the molecule is O=C(NCCN1C(=O)S/C(=C\c2ccc(F)cc2)C1=O)C1CCCCN1S(=O)(=O)c1ccccc1. The van der Waals surface area contributed by atoms with Crippen LogP contribution in [0.3, 0.4) is 0 Å². The highest BCUT2D eigenvalue weighted by Crippen LogP contribution is 2.32.